The molecule has 0 aliphatic carbocycles. The summed E-state index contributed by atoms with van der Waals surface area (Å²) in [5.74, 6) is 0.812. The van der Waals surface area contributed by atoms with Crippen molar-refractivity contribution in [2.45, 2.75) is 38.8 Å². The molecule has 1 heterocycles. The van der Waals surface area contributed by atoms with E-state index in [2.05, 4.69) is 58.9 Å². The fourth-order valence-corrected chi connectivity index (χ4v) is 3.21. The third-order valence-corrected chi connectivity index (χ3v) is 4.67. The van der Waals surface area contributed by atoms with Gasteiger partial charge < -0.3 is 5.73 Å². The van der Waals surface area contributed by atoms with Gasteiger partial charge in [0, 0.05) is 23.1 Å². The van der Waals surface area contributed by atoms with Crippen LogP contribution in [0.4, 0.5) is 0 Å². The summed E-state index contributed by atoms with van der Waals surface area (Å²) in [7, 11) is 0. The summed E-state index contributed by atoms with van der Waals surface area (Å²) >= 11 is 3.49. The van der Waals surface area contributed by atoms with Gasteiger partial charge in [-0.15, -0.1) is 0 Å². The van der Waals surface area contributed by atoms with Gasteiger partial charge in [0.25, 0.3) is 0 Å². The second kappa shape index (κ2) is 6.18. The highest BCUT2D eigenvalue weighted by atomic mass is 79.9. The van der Waals surface area contributed by atoms with E-state index in [1.807, 2.05) is 0 Å². The van der Waals surface area contributed by atoms with Crippen LogP contribution in [-0.2, 0) is 0 Å². The molecule has 1 aromatic rings. The Morgan fingerprint density at radius 3 is 2.67 bits per heavy atom. The third-order valence-electron chi connectivity index (χ3n) is 4.15. The third kappa shape index (κ3) is 3.14. The second-order valence-corrected chi connectivity index (χ2v) is 6.40. The Hall–Kier alpha value is -0.380. The van der Waals surface area contributed by atoms with Crippen LogP contribution in [0.5, 0.6) is 0 Å². The van der Waals surface area contributed by atoms with Crippen molar-refractivity contribution in [3.8, 4) is 0 Å². The standard InChI is InChI=1S/C15H23BrN2/c1-11-7-8-18(15(9-11)10-17)12(2)13-3-5-14(16)6-4-13/h3-6,11-12,15H,7-10,17H2,1-2H3. The first-order chi connectivity index (χ1) is 8.61. The predicted octanol–water partition coefficient (Wildman–Crippen LogP) is 3.57. The molecular formula is C15H23BrN2. The molecule has 0 radical (unpaired) electrons. The van der Waals surface area contributed by atoms with E-state index in [4.69, 9.17) is 5.73 Å². The van der Waals surface area contributed by atoms with Crippen LogP contribution in [0.15, 0.2) is 28.7 Å². The summed E-state index contributed by atoms with van der Waals surface area (Å²) < 4.78 is 1.14. The van der Waals surface area contributed by atoms with Gasteiger partial charge in [-0.1, -0.05) is 35.0 Å². The maximum absolute atomic E-state index is 5.95. The maximum Gasteiger partial charge on any atom is 0.0323 e. The second-order valence-electron chi connectivity index (χ2n) is 5.48. The molecule has 1 aromatic carbocycles. The first-order valence-corrected chi connectivity index (χ1v) is 7.62. The van der Waals surface area contributed by atoms with E-state index in [-0.39, 0.29) is 0 Å². The molecule has 2 nitrogen and oxygen atoms in total. The molecule has 1 fully saturated rings. The summed E-state index contributed by atoms with van der Waals surface area (Å²) in [6.45, 7) is 6.57. The quantitative estimate of drug-likeness (QED) is 0.924. The smallest absolute Gasteiger partial charge is 0.0323 e. The molecule has 0 saturated carbocycles. The maximum atomic E-state index is 5.95. The van der Waals surface area contributed by atoms with Crippen LogP contribution in [0.2, 0.25) is 0 Å². The summed E-state index contributed by atoms with van der Waals surface area (Å²) in [4.78, 5) is 2.57. The van der Waals surface area contributed by atoms with E-state index in [0.717, 1.165) is 16.9 Å². The monoisotopic (exact) mass is 310 g/mol. The molecule has 100 valence electrons. The summed E-state index contributed by atoms with van der Waals surface area (Å²) in [5, 5.41) is 0. The zero-order valence-corrected chi connectivity index (χ0v) is 12.9. The highest BCUT2D eigenvalue weighted by molar-refractivity contribution is 9.10. The molecule has 1 saturated heterocycles. The molecule has 3 atom stereocenters. The fraction of sp³-hybridized carbons (Fsp3) is 0.600. The number of piperidine rings is 1. The molecule has 3 unspecified atom stereocenters. The van der Waals surface area contributed by atoms with E-state index in [0.29, 0.717) is 12.1 Å². The topological polar surface area (TPSA) is 29.3 Å². The van der Waals surface area contributed by atoms with Gasteiger partial charge in [-0.05, 0) is 49.9 Å². The van der Waals surface area contributed by atoms with Gasteiger partial charge in [0.05, 0.1) is 0 Å². The summed E-state index contributed by atoms with van der Waals surface area (Å²) in [5.41, 5.74) is 7.33. The first kappa shape index (κ1) is 14.0. The molecule has 2 N–H and O–H groups in total. The summed E-state index contributed by atoms with van der Waals surface area (Å²) in [6.07, 6.45) is 2.52. The molecule has 0 spiro atoms. The van der Waals surface area contributed by atoms with E-state index in [1.54, 1.807) is 0 Å². The molecule has 1 aliphatic rings. The van der Waals surface area contributed by atoms with Gasteiger partial charge in [-0.2, -0.15) is 0 Å². The van der Waals surface area contributed by atoms with Crippen molar-refractivity contribution in [1.82, 2.24) is 4.90 Å². The SMILES string of the molecule is CC1CCN(C(C)c2ccc(Br)cc2)C(CN)C1. The number of hydrogen-bond acceptors (Lipinski definition) is 2. The number of rotatable bonds is 3. The van der Waals surface area contributed by atoms with Crippen LogP contribution in [0.1, 0.15) is 38.3 Å². The van der Waals surface area contributed by atoms with E-state index in [9.17, 15) is 0 Å². The minimum atomic E-state index is 0.458. The zero-order valence-electron chi connectivity index (χ0n) is 11.3. The zero-order chi connectivity index (χ0) is 13.1. The Morgan fingerprint density at radius 1 is 1.39 bits per heavy atom. The van der Waals surface area contributed by atoms with Gasteiger partial charge in [0.1, 0.15) is 0 Å². The minimum absolute atomic E-state index is 0.458. The van der Waals surface area contributed by atoms with Crippen molar-refractivity contribution in [3.63, 3.8) is 0 Å². The Kier molecular flexibility index (Phi) is 4.82. The average Bonchev–Trinajstić information content (AvgIpc) is 2.38. The van der Waals surface area contributed by atoms with Gasteiger partial charge in [-0.25, -0.2) is 0 Å². The van der Waals surface area contributed by atoms with Crippen molar-refractivity contribution in [3.05, 3.63) is 34.3 Å². The highest BCUT2D eigenvalue weighted by Crippen LogP contribution is 2.30. The largest absolute Gasteiger partial charge is 0.329 e. The van der Waals surface area contributed by atoms with Crippen molar-refractivity contribution >= 4 is 15.9 Å². The van der Waals surface area contributed by atoms with Crippen LogP contribution >= 0.6 is 15.9 Å². The number of benzene rings is 1. The van der Waals surface area contributed by atoms with Crippen molar-refractivity contribution in [1.29, 1.82) is 0 Å². The van der Waals surface area contributed by atoms with Crippen LogP contribution in [0.3, 0.4) is 0 Å². The van der Waals surface area contributed by atoms with Crippen LogP contribution in [0, 0.1) is 5.92 Å². The van der Waals surface area contributed by atoms with Crippen molar-refractivity contribution < 1.29 is 0 Å². The fourth-order valence-electron chi connectivity index (χ4n) is 2.94. The number of likely N-dealkylation sites (tertiary alicyclic amines) is 1. The Labute approximate surface area is 119 Å². The molecule has 1 aliphatic heterocycles. The molecule has 0 bridgehead atoms. The summed E-state index contributed by atoms with van der Waals surface area (Å²) in [6, 6.07) is 9.65. The first-order valence-electron chi connectivity index (χ1n) is 6.83. The number of hydrogen-bond donors (Lipinski definition) is 1. The molecule has 0 amide bonds. The van der Waals surface area contributed by atoms with Crippen LogP contribution in [0.25, 0.3) is 0 Å². The Morgan fingerprint density at radius 2 is 2.06 bits per heavy atom. The van der Waals surface area contributed by atoms with Crippen molar-refractivity contribution in [2.75, 3.05) is 13.1 Å². The molecule has 18 heavy (non-hydrogen) atoms. The van der Waals surface area contributed by atoms with Gasteiger partial charge in [0.2, 0.25) is 0 Å². The minimum Gasteiger partial charge on any atom is -0.329 e. The lowest BCUT2D eigenvalue weighted by atomic mass is 9.90. The van der Waals surface area contributed by atoms with Crippen LogP contribution in [-0.4, -0.2) is 24.0 Å². The van der Waals surface area contributed by atoms with E-state index in [1.165, 1.54) is 24.9 Å². The number of halogens is 1. The Balaban J connectivity index is 2.11. The number of nitrogens with zero attached hydrogens (tertiary/aromatic N) is 1. The van der Waals surface area contributed by atoms with E-state index < -0.39 is 0 Å². The van der Waals surface area contributed by atoms with Gasteiger partial charge in [0.15, 0.2) is 0 Å². The lowest BCUT2D eigenvalue weighted by Crippen LogP contribution is -2.47. The van der Waals surface area contributed by atoms with Gasteiger partial charge in [-0.3, -0.25) is 4.90 Å². The molecule has 3 heteroatoms. The molecular weight excluding hydrogens is 288 g/mol. The normalized spacial score (nSPS) is 27.1. The van der Waals surface area contributed by atoms with Crippen molar-refractivity contribution in [2.24, 2.45) is 11.7 Å². The lowest BCUT2D eigenvalue weighted by molar-refractivity contribution is 0.0834. The molecule has 2 rings (SSSR count). The van der Waals surface area contributed by atoms with Crippen LogP contribution < -0.4 is 5.73 Å². The Bertz CT molecular complexity index is 377. The van der Waals surface area contributed by atoms with Gasteiger partial charge >= 0.3 is 0 Å². The lowest BCUT2D eigenvalue weighted by Gasteiger charge is -2.42. The highest BCUT2D eigenvalue weighted by Gasteiger charge is 2.29. The molecule has 0 aromatic heterocycles. The van der Waals surface area contributed by atoms with E-state index >= 15 is 0 Å². The predicted molar refractivity (Wildman–Crippen MR) is 80.5 cm³/mol. The number of nitrogens with two attached hydrogens (primary N) is 1. The average molecular weight is 311 g/mol.